The van der Waals surface area contributed by atoms with Crippen LogP contribution in [0.1, 0.15) is 156 Å². The number of hydrogen-bond donors (Lipinski definition) is 0. The van der Waals surface area contributed by atoms with Gasteiger partial charge >= 0.3 is 0 Å². The molecule has 1 nitrogen and oxygen atoms in total. The molecular weight excluding hydrogens is 386 g/mol. The number of halogens is 1. The molecule has 30 heavy (non-hydrogen) atoms. The zero-order chi connectivity index (χ0) is 21.6. The van der Waals surface area contributed by atoms with E-state index >= 15 is 0 Å². The average Bonchev–Trinajstić information content (AvgIpc) is 2.70. The molecule has 0 fully saturated rings. The van der Waals surface area contributed by atoms with Gasteiger partial charge in [0.15, 0.2) is 0 Å². The van der Waals surface area contributed by atoms with Crippen LogP contribution in [0.3, 0.4) is 0 Å². The van der Waals surface area contributed by atoms with Crippen molar-refractivity contribution < 1.29 is 0 Å². The first-order chi connectivity index (χ1) is 14.1. The van der Waals surface area contributed by atoms with Gasteiger partial charge in [-0.3, -0.25) is 0 Å². The molecule has 2 atom stereocenters. The minimum atomic E-state index is 0. The molecule has 2 unspecified atom stereocenters. The van der Waals surface area contributed by atoms with Gasteiger partial charge in [-0.1, -0.05) is 143 Å². The molecule has 0 bridgehead atoms. The lowest BCUT2D eigenvalue weighted by Crippen LogP contribution is -2.34. The van der Waals surface area contributed by atoms with E-state index in [2.05, 4.69) is 39.8 Å². The van der Waals surface area contributed by atoms with E-state index < -0.39 is 0 Å². The quantitative estimate of drug-likeness (QED) is 0.141. The van der Waals surface area contributed by atoms with Gasteiger partial charge in [-0.2, -0.15) is 0 Å². The Hall–Kier alpha value is 0.250. The monoisotopic (exact) mass is 445 g/mol. The Kier molecular flexibility index (Phi) is 27.6. The molecule has 0 aliphatic carbocycles. The molecule has 0 saturated carbocycles. The molecule has 0 spiro atoms. The van der Waals surface area contributed by atoms with Crippen LogP contribution in [0.5, 0.6) is 0 Å². The van der Waals surface area contributed by atoms with Gasteiger partial charge in [-0.05, 0) is 32.9 Å². The second kappa shape index (κ2) is 25.5. The van der Waals surface area contributed by atoms with Crippen LogP contribution in [0.15, 0.2) is 0 Å². The standard InChI is InChI=1S/C28H59N.ClH/c1-6-8-10-12-14-16-18-20-22-24-26-28(29(4)5)27(3)25-23-21-19-17-15-13-11-9-7-2;/h27-28H,6-26H2,1-5H3;1H. The van der Waals surface area contributed by atoms with Gasteiger partial charge in [0.05, 0.1) is 0 Å². The third kappa shape index (κ3) is 21.5. The van der Waals surface area contributed by atoms with Crippen LogP contribution < -0.4 is 0 Å². The fraction of sp³-hybridized carbons (Fsp3) is 1.00. The topological polar surface area (TPSA) is 3.24 Å². The molecule has 2 heteroatoms. The van der Waals surface area contributed by atoms with Crippen molar-refractivity contribution in [1.82, 2.24) is 4.90 Å². The van der Waals surface area contributed by atoms with Crippen molar-refractivity contribution in [3.63, 3.8) is 0 Å². The van der Waals surface area contributed by atoms with Crippen LogP contribution in [0, 0.1) is 5.92 Å². The summed E-state index contributed by atoms with van der Waals surface area (Å²) in [6, 6.07) is 0.790. The van der Waals surface area contributed by atoms with Crippen molar-refractivity contribution in [3.05, 3.63) is 0 Å². The molecule has 0 rings (SSSR count). The Morgan fingerprint density at radius 2 is 0.767 bits per heavy atom. The fourth-order valence-electron chi connectivity index (χ4n) is 4.86. The number of nitrogens with zero attached hydrogens (tertiary/aromatic N) is 1. The predicted octanol–water partition coefficient (Wildman–Crippen LogP) is 10.2. The lowest BCUT2D eigenvalue weighted by molar-refractivity contribution is 0.192. The number of hydrogen-bond acceptors (Lipinski definition) is 1. The predicted molar refractivity (Wildman–Crippen MR) is 142 cm³/mol. The van der Waals surface area contributed by atoms with Crippen molar-refractivity contribution in [1.29, 1.82) is 0 Å². The Morgan fingerprint density at radius 1 is 0.467 bits per heavy atom. The molecule has 0 radical (unpaired) electrons. The van der Waals surface area contributed by atoms with E-state index in [1.165, 1.54) is 135 Å². The van der Waals surface area contributed by atoms with E-state index in [-0.39, 0.29) is 12.4 Å². The zero-order valence-corrected chi connectivity index (χ0v) is 22.7. The van der Waals surface area contributed by atoms with E-state index in [9.17, 15) is 0 Å². The minimum Gasteiger partial charge on any atom is -0.306 e. The van der Waals surface area contributed by atoms with E-state index in [4.69, 9.17) is 0 Å². The fourth-order valence-corrected chi connectivity index (χ4v) is 4.86. The average molecular weight is 446 g/mol. The molecule has 0 N–H and O–H groups in total. The van der Waals surface area contributed by atoms with Gasteiger partial charge in [0, 0.05) is 6.04 Å². The zero-order valence-electron chi connectivity index (χ0n) is 21.9. The van der Waals surface area contributed by atoms with Crippen molar-refractivity contribution in [2.45, 2.75) is 162 Å². The molecule has 0 aromatic rings. The van der Waals surface area contributed by atoms with Gasteiger partial charge in [-0.25, -0.2) is 0 Å². The normalized spacial score (nSPS) is 13.4. The maximum absolute atomic E-state index is 2.51. The van der Waals surface area contributed by atoms with Gasteiger partial charge in [0.2, 0.25) is 0 Å². The summed E-state index contributed by atoms with van der Waals surface area (Å²) >= 11 is 0. The molecule has 0 amide bonds. The lowest BCUT2D eigenvalue weighted by atomic mass is 9.90. The first-order valence-electron chi connectivity index (χ1n) is 13.8. The van der Waals surface area contributed by atoms with Crippen LogP contribution in [0.25, 0.3) is 0 Å². The maximum Gasteiger partial charge on any atom is 0.0115 e. The van der Waals surface area contributed by atoms with Gasteiger partial charge in [-0.15, -0.1) is 12.4 Å². The van der Waals surface area contributed by atoms with Crippen LogP contribution in [0.4, 0.5) is 0 Å². The number of unbranched alkanes of at least 4 members (excludes halogenated alkanes) is 17. The molecule has 0 heterocycles. The van der Waals surface area contributed by atoms with E-state index in [1.54, 1.807) is 0 Å². The molecule has 0 aromatic heterocycles. The van der Waals surface area contributed by atoms with Gasteiger partial charge in [0.25, 0.3) is 0 Å². The summed E-state index contributed by atoms with van der Waals surface area (Å²) in [6.07, 6.45) is 30.3. The SMILES string of the molecule is CCCCCCCCCCCCC(C(C)CCCCCCCCCCC)N(C)C.Cl. The second-order valence-corrected chi connectivity index (χ2v) is 10.1. The van der Waals surface area contributed by atoms with Gasteiger partial charge in [0.1, 0.15) is 0 Å². The Bertz CT molecular complexity index is 305. The van der Waals surface area contributed by atoms with E-state index in [1.807, 2.05) is 0 Å². The van der Waals surface area contributed by atoms with Crippen LogP contribution in [-0.4, -0.2) is 25.0 Å². The minimum absolute atomic E-state index is 0. The summed E-state index contributed by atoms with van der Waals surface area (Å²) < 4.78 is 0. The van der Waals surface area contributed by atoms with Crippen LogP contribution in [0.2, 0.25) is 0 Å². The third-order valence-corrected chi connectivity index (χ3v) is 6.94. The van der Waals surface area contributed by atoms with Crippen molar-refractivity contribution in [2.75, 3.05) is 14.1 Å². The van der Waals surface area contributed by atoms with Crippen LogP contribution >= 0.6 is 12.4 Å². The summed E-state index contributed by atoms with van der Waals surface area (Å²) in [5, 5.41) is 0. The Labute approximate surface area is 199 Å². The first-order valence-corrected chi connectivity index (χ1v) is 13.8. The molecule has 0 aliphatic heterocycles. The summed E-state index contributed by atoms with van der Waals surface area (Å²) in [6.45, 7) is 7.11. The first kappa shape index (κ1) is 32.4. The highest BCUT2D eigenvalue weighted by molar-refractivity contribution is 5.85. The Morgan fingerprint density at radius 3 is 1.10 bits per heavy atom. The van der Waals surface area contributed by atoms with Gasteiger partial charge < -0.3 is 4.90 Å². The summed E-state index contributed by atoms with van der Waals surface area (Å²) in [7, 11) is 4.60. The second-order valence-electron chi connectivity index (χ2n) is 10.1. The smallest absolute Gasteiger partial charge is 0.0115 e. The van der Waals surface area contributed by atoms with Crippen molar-refractivity contribution in [2.24, 2.45) is 5.92 Å². The summed E-state index contributed by atoms with van der Waals surface area (Å²) in [5.41, 5.74) is 0. The van der Waals surface area contributed by atoms with E-state index in [0.717, 1.165) is 12.0 Å². The third-order valence-electron chi connectivity index (χ3n) is 6.94. The lowest BCUT2D eigenvalue weighted by Gasteiger charge is -2.30. The Balaban J connectivity index is 0. The van der Waals surface area contributed by atoms with E-state index in [0.29, 0.717) is 0 Å². The molecule has 0 aromatic carbocycles. The van der Waals surface area contributed by atoms with Crippen molar-refractivity contribution in [3.8, 4) is 0 Å². The highest BCUT2D eigenvalue weighted by atomic mass is 35.5. The summed E-state index contributed by atoms with van der Waals surface area (Å²) in [5.74, 6) is 0.855. The van der Waals surface area contributed by atoms with Crippen molar-refractivity contribution >= 4 is 12.4 Å². The molecular formula is C28H60ClN. The summed E-state index contributed by atoms with van der Waals surface area (Å²) in [4.78, 5) is 2.51. The largest absolute Gasteiger partial charge is 0.306 e. The van der Waals surface area contributed by atoms with Crippen LogP contribution in [-0.2, 0) is 0 Å². The molecule has 184 valence electrons. The molecule has 0 saturated heterocycles. The number of rotatable bonds is 23. The highest BCUT2D eigenvalue weighted by Crippen LogP contribution is 2.22. The highest BCUT2D eigenvalue weighted by Gasteiger charge is 2.18. The maximum atomic E-state index is 2.51. The molecule has 0 aliphatic rings.